The van der Waals surface area contributed by atoms with Crippen molar-refractivity contribution in [1.29, 1.82) is 0 Å². The SMILES string of the molecule is CN(C)S(=O)(=O)c1cccc(COC(=O)c2cccc3c2C(=O)c2ccccc2C3=O)c1. The maximum atomic E-state index is 13.0. The first-order valence-electron chi connectivity index (χ1n) is 9.72. The van der Waals surface area contributed by atoms with E-state index in [-0.39, 0.29) is 39.5 Å². The number of fused-ring (bicyclic) bond motifs is 2. The molecule has 0 aromatic heterocycles. The third-order valence-corrected chi connectivity index (χ3v) is 7.03. The molecule has 3 aromatic carbocycles. The first-order valence-corrected chi connectivity index (χ1v) is 11.2. The maximum absolute atomic E-state index is 13.0. The number of ether oxygens (including phenoxy) is 1. The van der Waals surface area contributed by atoms with Crippen LogP contribution in [-0.4, -0.2) is 44.4 Å². The van der Waals surface area contributed by atoms with Crippen LogP contribution in [-0.2, 0) is 21.4 Å². The number of benzene rings is 3. The largest absolute Gasteiger partial charge is 0.457 e. The topological polar surface area (TPSA) is 97.8 Å². The van der Waals surface area contributed by atoms with Gasteiger partial charge in [-0.15, -0.1) is 0 Å². The lowest BCUT2D eigenvalue weighted by Crippen LogP contribution is -2.24. The van der Waals surface area contributed by atoms with Crippen LogP contribution >= 0.6 is 0 Å². The van der Waals surface area contributed by atoms with Crippen molar-refractivity contribution in [3.8, 4) is 0 Å². The zero-order valence-electron chi connectivity index (χ0n) is 17.4. The second-order valence-corrected chi connectivity index (χ2v) is 9.59. The van der Waals surface area contributed by atoms with Crippen molar-refractivity contribution >= 4 is 27.6 Å². The van der Waals surface area contributed by atoms with E-state index in [2.05, 4.69) is 0 Å². The molecule has 0 saturated carbocycles. The lowest BCUT2D eigenvalue weighted by atomic mass is 9.82. The predicted octanol–water partition coefficient (Wildman–Crippen LogP) is 3.07. The van der Waals surface area contributed by atoms with Crippen molar-refractivity contribution in [2.24, 2.45) is 0 Å². The molecule has 4 rings (SSSR count). The first kappa shape index (κ1) is 21.6. The van der Waals surface area contributed by atoms with Crippen LogP contribution in [0.2, 0.25) is 0 Å². The van der Waals surface area contributed by atoms with Crippen LogP contribution < -0.4 is 0 Å². The summed E-state index contributed by atoms with van der Waals surface area (Å²) in [7, 11) is -0.778. The molecule has 0 saturated heterocycles. The number of hydrogen-bond acceptors (Lipinski definition) is 6. The Morgan fingerprint density at radius 2 is 1.47 bits per heavy atom. The van der Waals surface area contributed by atoms with Crippen LogP contribution in [0.15, 0.2) is 71.6 Å². The van der Waals surface area contributed by atoms with Crippen molar-refractivity contribution in [3.63, 3.8) is 0 Å². The molecule has 0 heterocycles. The van der Waals surface area contributed by atoms with Crippen molar-refractivity contribution in [2.45, 2.75) is 11.5 Å². The van der Waals surface area contributed by atoms with E-state index < -0.39 is 21.8 Å². The summed E-state index contributed by atoms with van der Waals surface area (Å²) in [6, 6.07) is 17.0. The van der Waals surface area contributed by atoms with Gasteiger partial charge in [-0.1, -0.05) is 48.5 Å². The first-order chi connectivity index (χ1) is 15.2. The maximum Gasteiger partial charge on any atom is 0.339 e. The molecule has 0 atom stereocenters. The molecule has 1 aliphatic rings. The minimum absolute atomic E-state index is 0.00702. The van der Waals surface area contributed by atoms with Crippen LogP contribution in [0.4, 0.5) is 0 Å². The standard InChI is InChI=1S/C24H19NO6S/c1-25(2)32(29,30)16-8-5-7-15(13-16)14-31-24(28)20-12-6-11-19-21(20)23(27)18-10-4-3-9-17(18)22(19)26/h3-13H,14H2,1-2H3. The lowest BCUT2D eigenvalue weighted by Gasteiger charge is -2.19. The van der Waals surface area contributed by atoms with Gasteiger partial charge >= 0.3 is 5.97 Å². The highest BCUT2D eigenvalue weighted by molar-refractivity contribution is 7.89. The Bertz CT molecular complexity index is 1370. The summed E-state index contributed by atoms with van der Waals surface area (Å²) in [6.45, 7) is -0.196. The van der Waals surface area contributed by atoms with Gasteiger partial charge in [0.15, 0.2) is 11.6 Å². The number of carbonyl (C=O) groups excluding carboxylic acids is 3. The van der Waals surface area contributed by atoms with Crippen LogP contribution in [0.25, 0.3) is 0 Å². The molecule has 1 aliphatic carbocycles. The molecule has 0 unspecified atom stereocenters. The summed E-state index contributed by atoms with van der Waals surface area (Å²) >= 11 is 0. The second-order valence-electron chi connectivity index (χ2n) is 7.44. The fourth-order valence-corrected chi connectivity index (χ4v) is 4.52. The highest BCUT2D eigenvalue weighted by Crippen LogP contribution is 2.30. The van der Waals surface area contributed by atoms with E-state index in [1.54, 1.807) is 36.4 Å². The van der Waals surface area contributed by atoms with E-state index in [1.807, 2.05) is 0 Å². The average Bonchev–Trinajstić information content (AvgIpc) is 2.80. The van der Waals surface area contributed by atoms with Crippen molar-refractivity contribution < 1.29 is 27.5 Å². The van der Waals surface area contributed by atoms with E-state index in [9.17, 15) is 22.8 Å². The summed E-state index contributed by atoms with van der Waals surface area (Å²) in [4.78, 5) is 38.8. The van der Waals surface area contributed by atoms with Gasteiger partial charge in [0, 0.05) is 36.3 Å². The fourth-order valence-electron chi connectivity index (χ4n) is 3.55. The van der Waals surface area contributed by atoms with Crippen LogP contribution in [0.3, 0.4) is 0 Å². The van der Waals surface area contributed by atoms with Gasteiger partial charge in [-0.3, -0.25) is 9.59 Å². The molecule has 0 aliphatic heterocycles. The van der Waals surface area contributed by atoms with Gasteiger partial charge < -0.3 is 4.74 Å². The Hall–Kier alpha value is -3.62. The quantitative estimate of drug-likeness (QED) is 0.435. The van der Waals surface area contributed by atoms with Gasteiger partial charge in [-0.2, -0.15) is 0 Å². The third kappa shape index (κ3) is 3.63. The van der Waals surface area contributed by atoms with Gasteiger partial charge in [0.25, 0.3) is 0 Å². The van der Waals surface area contributed by atoms with Crippen LogP contribution in [0, 0.1) is 0 Å². The predicted molar refractivity (Wildman–Crippen MR) is 116 cm³/mol. The zero-order chi connectivity index (χ0) is 23.0. The van der Waals surface area contributed by atoms with Gasteiger partial charge in [-0.25, -0.2) is 17.5 Å². The molecule has 0 radical (unpaired) electrons. The Kier molecular flexibility index (Phi) is 5.50. The van der Waals surface area contributed by atoms with Crippen LogP contribution in [0.1, 0.15) is 47.8 Å². The normalized spacial score (nSPS) is 13.0. The minimum atomic E-state index is -3.63. The van der Waals surface area contributed by atoms with E-state index in [4.69, 9.17) is 4.74 Å². The number of hydrogen-bond donors (Lipinski definition) is 0. The number of nitrogens with zero attached hydrogens (tertiary/aromatic N) is 1. The molecular weight excluding hydrogens is 430 g/mol. The second kappa shape index (κ2) is 8.14. The fraction of sp³-hybridized carbons (Fsp3) is 0.125. The summed E-state index contributed by atoms with van der Waals surface area (Å²) in [5.41, 5.74) is 1.18. The minimum Gasteiger partial charge on any atom is -0.457 e. The van der Waals surface area contributed by atoms with Gasteiger partial charge in [-0.05, 0) is 23.8 Å². The van der Waals surface area contributed by atoms with E-state index >= 15 is 0 Å². The number of carbonyl (C=O) groups is 3. The molecule has 8 heteroatoms. The van der Waals surface area contributed by atoms with Crippen molar-refractivity contribution in [3.05, 3.63) is 100 Å². The van der Waals surface area contributed by atoms with Crippen molar-refractivity contribution in [1.82, 2.24) is 4.31 Å². The smallest absolute Gasteiger partial charge is 0.339 e. The third-order valence-electron chi connectivity index (χ3n) is 5.22. The molecule has 32 heavy (non-hydrogen) atoms. The number of sulfonamides is 1. The number of esters is 1. The summed E-state index contributed by atoms with van der Waals surface area (Å²) in [5, 5.41) is 0. The molecule has 0 amide bonds. The van der Waals surface area contributed by atoms with Gasteiger partial charge in [0.05, 0.1) is 10.5 Å². The van der Waals surface area contributed by atoms with Gasteiger partial charge in [0.1, 0.15) is 6.61 Å². The van der Waals surface area contributed by atoms with E-state index in [0.29, 0.717) is 11.1 Å². The summed E-state index contributed by atoms with van der Waals surface area (Å²) in [5.74, 6) is -1.52. The Balaban J connectivity index is 1.62. The Morgan fingerprint density at radius 1 is 0.844 bits per heavy atom. The molecule has 0 fully saturated rings. The molecule has 0 N–H and O–H groups in total. The lowest BCUT2D eigenvalue weighted by molar-refractivity contribution is 0.0470. The molecule has 3 aromatic rings. The number of ketones is 2. The molecule has 7 nitrogen and oxygen atoms in total. The van der Waals surface area contributed by atoms with Crippen molar-refractivity contribution in [2.75, 3.05) is 14.1 Å². The monoisotopic (exact) mass is 449 g/mol. The molecule has 0 spiro atoms. The average molecular weight is 449 g/mol. The highest BCUT2D eigenvalue weighted by atomic mass is 32.2. The Morgan fingerprint density at radius 3 is 2.16 bits per heavy atom. The van der Waals surface area contributed by atoms with Gasteiger partial charge in [0.2, 0.25) is 10.0 Å². The summed E-state index contributed by atoms with van der Waals surface area (Å²) < 4.78 is 31.1. The molecular formula is C24H19NO6S. The summed E-state index contributed by atoms with van der Waals surface area (Å²) in [6.07, 6.45) is 0. The zero-order valence-corrected chi connectivity index (χ0v) is 18.2. The highest BCUT2D eigenvalue weighted by Gasteiger charge is 2.33. The number of rotatable bonds is 5. The molecule has 0 bridgehead atoms. The van der Waals surface area contributed by atoms with Crippen LogP contribution in [0.5, 0.6) is 0 Å². The molecule has 162 valence electrons. The van der Waals surface area contributed by atoms with E-state index in [1.165, 1.54) is 44.4 Å². The Labute approximate surface area is 185 Å². The van der Waals surface area contributed by atoms with E-state index in [0.717, 1.165) is 4.31 Å².